The predicted octanol–water partition coefficient (Wildman–Crippen LogP) is 3.67. The second-order valence-corrected chi connectivity index (χ2v) is 5.83. The average molecular weight is 348 g/mol. The van der Waals surface area contributed by atoms with E-state index in [4.69, 9.17) is 9.15 Å². The zero-order valence-corrected chi connectivity index (χ0v) is 14.3. The second-order valence-electron chi connectivity index (χ2n) is 5.83. The van der Waals surface area contributed by atoms with Crippen molar-refractivity contribution in [3.63, 3.8) is 0 Å². The maximum absolute atomic E-state index is 12.7. The van der Waals surface area contributed by atoms with E-state index < -0.39 is 17.8 Å². The second kappa shape index (κ2) is 7.19. The van der Waals surface area contributed by atoms with Gasteiger partial charge in [0.25, 0.3) is 0 Å². The fraction of sp³-hybridized carbons (Fsp3) is 0.200. The highest BCUT2D eigenvalue weighted by atomic mass is 16.5. The van der Waals surface area contributed by atoms with Crippen LogP contribution in [0.4, 0.5) is 0 Å². The number of oxazole rings is 1. The number of carbonyl (C=O) groups excluding carboxylic acids is 2. The van der Waals surface area contributed by atoms with Crippen molar-refractivity contribution in [3.05, 3.63) is 60.0 Å². The molecule has 2 unspecified atom stereocenters. The Morgan fingerprint density at radius 1 is 1.19 bits per heavy atom. The van der Waals surface area contributed by atoms with E-state index in [0.29, 0.717) is 22.4 Å². The summed E-state index contributed by atoms with van der Waals surface area (Å²) in [7, 11) is 0. The molecule has 2 aromatic carbocycles. The Morgan fingerprint density at radius 3 is 2.65 bits per heavy atom. The number of hydrogen-bond acceptors (Lipinski definition) is 6. The van der Waals surface area contributed by atoms with E-state index in [2.05, 4.69) is 4.98 Å². The number of ketones is 2. The van der Waals surface area contributed by atoms with E-state index >= 15 is 0 Å². The zero-order chi connectivity index (χ0) is 18.7. The number of ether oxygens (including phenoxy) is 1. The maximum atomic E-state index is 12.7. The third-order valence-electron chi connectivity index (χ3n) is 3.93. The minimum Gasteiger partial charge on any atom is -0.483 e. The van der Waals surface area contributed by atoms with Crippen molar-refractivity contribution >= 4 is 22.7 Å². The molecule has 1 heterocycles. The van der Waals surface area contributed by atoms with Crippen molar-refractivity contribution in [2.45, 2.75) is 25.9 Å². The molecule has 130 valence electrons. The molecule has 0 spiro atoms. The molecular weight excluding hydrogens is 332 g/mol. The topological polar surface area (TPSA) is 93.2 Å². The lowest BCUT2D eigenvalue weighted by molar-refractivity contribution is -0.125. The molecule has 0 aliphatic carbocycles. The number of carbonyl (C=O) groups is 2. The van der Waals surface area contributed by atoms with Crippen LogP contribution in [-0.2, 0) is 4.79 Å². The molecule has 0 radical (unpaired) electrons. The van der Waals surface area contributed by atoms with E-state index in [1.54, 1.807) is 55.5 Å². The van der Waals surface area contributed by atoms with Gasteiger partial charge in [-0.05, 0) is 38.1 Å². The van der Waals surface area contributed by atoms with Crippen molar-refractivity contribution < 1.29 is 18.7 Å². The predicted molar refractivity (Wildman–Crippen MR) is 93.9 cm³/mol. The van der Waals surface area contributed by atoms with Gasteiger partial charge in [0, 0.05) is 5.56 Å². The number of benzene rings is 2. The van der Waals surface area contributed by atoms with Gasteiger partial charge in [-0.3, -0.25) is 9.59 Å². The lowest BCUT2D eigenvalue weighted by Gasteiger charge is -2.15. The van der Waals surface area contributed by atoms with Gasteiger partial charge in [0.2, 0.25) is 5.89 Å². The van der Waals surface area contributed by atoms with Crippen LogP contribution in [-0.4, -0.2) is 22.7 Å². The molecule has 6 nitrogen and oxygen atoms in total. The molecule has 6 heteroatoms. The summed E-state index contributed by atoms with van der Waals surface area (Å²) in [6.45, 7) is 3.00. The minimum absolute atomic E-state index is 0.0478. The molecule has 1 aromatic heterocycles. The molecule has 0 aliphatic rings. The summed E-state index contributed by atoms with van der Waals surface area (Å²) >= 11 is 0. The molecule has 0 fully saturated rings. The monoisotopic (exact) mass is 348 g/mol. The first-order chi connectivity index (χ1) is 12.5. The number of fused-ring (bicyclic) bond motifs is 1. The van der Waals surface area contributed by atoms with Gasteiger partial charge in [-0.2, -0.15) is 5.26 Å². The highest BCUT2D eigenvalue weighted by molar-refractivity contribution is 5.94. The first kappa shape index (κ1) is 17.4. The lowest BCUT2D eigenvalue weighted by atomic mass is 10.0. The summed E-state index contributed by atoms with van der Waals surface area (Å²) in [5, 5.41) is 9.44. The number of rotatable bonds is 6. The van der Waals surface area contributed by atoms with E-state index in [0.717, 1.165) is 0 Å². The Labute approximate surface area is 150 Å². The van der Waals surface area contributed by atoms with E-state index in [9.17, 15) is 14.9 Å². The molecule has 0 aliphatic heterocycles. The van der Waals surface area contributed by atoms with E-state index in [1.807, 2.05) is 6.07 Å². The van der Waals surface area contributed by atoms with Crippen LogP contribution in [0.25, 0.3) is 11.1 Å². The molecule has 3 aromatic rings. The normalized spacial score (nSPS) is 13.0. The molecule has 2 atom stereocenters. The van der Waals surface area contributed by atoms with E-state index in [1.165, 1.54) is 6.92 Å². The summed E-state index contributed by atoms with van der Waals surface area (Å²) < 4.78 is 11.2. The van der Waals surface area contributed by atoms with Gasteiger partial charge in [-0.25, -0.2) is 4.98 Å². The van der Waals surface area contributed by atoms with Crippen molar-refractivity contribution in [3.8, 4) is 11.8 Å². The quantitative estimate of drug-likeness (QED) is 0.631. The summed E-state index contributed by atoms with van der Waals surface area (Å²) in [6, 6.07) is 15.5. The summed E-state index contributed by atoms with van der Waals surface area (Å²) in [5.74, 6) is -1.31. The third kappa shape index (κ3) is 3.47. The number of nitrogens with zero attached hydrogens (tertiary/aromatic N) is 2. The van der Waals surface area contributed by atoms with Crippen molar-refractivity contribution in [1.29, 1.82) is 5.26 Å². The first-order valence-electron chi connectivity index (χ1n) is 8.06. The van der Waals surface area contributed by atoms with Crippen molar-refractivity contribution in [2.75, 3.05) is 0 Å². The zero-order valence-electron chi connectivity index (χ0n) is 14.3. The molecule has 0 bridgehead atoms. The van der Waals surface area contributed by atoms with Crippen LogP contribution in [0.5, 0.6) is 5.75 Å². The minimum atomic E-state index is -1.17. The van der Waals surface area contributed by atoms with Crippen LogP contribution in [0.1, 0.15) is 36.0 Å². The van der Waals surface area contributed by atoms with Gasteiger partial charge in [-0.15, -0.1) is 0 Å². The summed E-state index contributed by atoms with van der Waals surface area (Å²) in [6.07, 6.45) is -0.906. The average Bonchev–Trinajstić information content (AvgIpc) is 3.06. The number of para-hydroxylation sites is 2. The molecule has 0 saturated carbocycles. The van der Waals surface area contributed by atoms with Crippen molar-refractivity contribution in [2.24, 2.45) is 0 Å². The number of aromatic nitrogens is 1. The van der Waals surface area contributed by atoms with Gasteiger partial charge in [0.15, 0.2) is 29.2 Å². The van der Waals surface area contributed by atoms with Crippen LogP contribution in [0, 0.1) is 11.3 Å². The molecular formula is C20H16N2O4. The van der Waals surface area contributed by atoms with Crippen LogP contribution in [0.15, 0.2) is 52.9 Å². The largest absolute Gasteiger partial charge is 0.483 e. The molecule has 0 amide bonds. The van der Waals surface area contributed by atoms with Gasteiger partial charge in [-0.1, -0.05) is 24.3 Å². The van der Waals surface area contributed by atoms with Crippen LogP contribution >= 0.6 is 0 Å². The summed E-state index contributed by atoms with van der Waals surface area (Å²) in [4.78, 5) is 28.3. The van der Waals surface area contributed by atoms with Crippen molar-refractivity contribution in [1.82, 2.24) is 4.98 Å². The Kier molecular flexibility index (Phi) is 4.81. The highest BCUT2D eigenvalue weighted by Gasteiger charge is 2.31. The van der Waals surface area contributed by atoms with Gasteiger partial charge < -0.3 is 9.15 Å². The molecule has 26 heavy (non-hydrogen) atoms. The smallest absolute Gasteiger partial charge is 0.220 e. The SMILES string of the molecule is CC(=O)c1cccc(OC(C)C(=O)C(C#N)c2nc3ccccc3o2)c1. The lowest BCUT2D eigenvalue weighted by Crippen LogP contribution is -2.29. The third-order valence-corrected chi connectivity index (χ3v) is 3.93. The maximum Gasteiger partial charge on any atom is 0.220 e. The molecule has 0 saturated heterocycles. The van der Waals surface area contributed by atoms with Gasteiger partial charge in [0.1, 0.15) is 11.3 Å². The number of Topliss-reactive ketones (excluding diaryl/α,β-unsaturated/α-hetero) is 2. The number of hydrogen-bond donors (Lipinski definition) is 0. The Balaban J connectivity index is 1.81. The summed E-state index contributed by atoms with van der Waals surface area (Å²) in [5.41, 5.74) is 1.58. The Hall–Kier alpha value is -3.46. The molecule has 0 N–H and O–H groups in total. The standard InChI is InChI=1S/C20H16N2O4/c1-12(23)14-6-5-7-15(10-14)25-13(2)19(24)16(11-21)20-22-17-8-3-4-9-18(17)26-20/h3-10,13,16H,1-2H3. The van der Waals surface area contributed by atoms with Crippen LogP contribution < -0.4 is 4.74 Å². The Bertz CT molecular complexity index is 983. The number of nitriles is 1. The van der Waals surface area contributed by atoms with Gasteiger partial charge >= 0.3 is 0 Å². The van der Waals surface area contributed by atoms with Crippen LogP contribution in [0.3, 0.4) is 0 Å². The van der Waals surface area contributed by atoms with Crippen LogP contribution in [0.2, 0.25) is 0 Å². The first-order valence-corrected chi connectivity index (χ1v) is 8.06. The Morgan fingerprint density at radius 2 is 1.96 bits per heavy atom. The fourth-order valence-corrected chi connectivity index (χ4v) is 2.54. The van der Waals surface area contributed by atoms with Gasteiger partial charge in [0.05, 0.1) is 6.07 Å². The fourth-order valence-electron chi connectivity index (χ4n) is 2.54. The molecule has 3 rings (SSSR count). The highest BCUT2D eigenvalue weighted by Crippen LogP contribution is 2.24. The van der Waals surface area contributed by atoms with E-state index in [-0.39, 0.29) is 11.7 Å².